The molecular formula is C29H45N3O7. The van der Waals surface area contributed by atoms with Gasteiger partial charge in [-0.3, -0.25) is 14.5 Å². The predicted molar refractivity (Wildman–Crippen MR) is 148 cm³/mol. The van der Waals surface area contributed by atoms with E-state index in [0.717, 1.165) is 30.6 Å². The Morgan fingerprint density at radius 3 is 2.54 bits per heavy atom. The Morgan fingerprint density at radius 2 is 1.85 bits per heavy atom. The predicted octanol–water partition coefficient (Wildman–Crippen LogP) is 3.54. The van der Waals surface area contributed by atoms with Gasteiger partial charge in [0.2, 0.25) is 5.91 Å². The second-order valence-corrected chi connectivity index (χ2v) is 11.3. The minimum Gasteiger partial charge on any atom is -0.480 e. The van der Waals surface area contributed by atoms with Crippen molar-refractivity contribution in [3.8, 4) is 0 Å². The summed E-state index contributed by atoms with van der Waals surface area (Å²) in [6, 6.07) is -2.19. The number of alkyl carbamates (subject to hydrolysis) is 1. The molecule has 2 rings (SSSR count). The molecule has 0 fully saturated rings. The van der Waals surface area contributed by atoms with Crippen molar-refractivity contribution in [1.29, 1.82) is 0 Å². The van der Waals surface area contributed by atoms with E-state index in [1.165, 1.54) is 12.5 Å². The topological polar surface area (TPSA) is 125 Å². The molecule has 0 aromatic rings. The molecule has 0 aromatic carbocycles. The van der Waals surface area contributed by atoms with Crippen molar-refractivity contribution in [2.75, 3.05) is 39.4 Å². The number of amides is 2. The first-order valence-electron chi connectivity index (χ1n) is 13.8. The number of nitrogens with one attached hydrogen (secondary N) is 1. The van der Waals surface area contributed by atoms with Crippen LogP contribution in [0.3, 0.4) is 0 Å². The third-order valence-electron chi connectivity index (χ3n) is 6.96. The highest BCUT2D eigenvalue weighted by Crippen LogP contribution is 2.25. The Hall–Kier alpha value is -3.14. The zero-order chi connectivity index (χ0) is 29.0. The van der Waals surface area contributed by atoms with E-state index in [-0.39, 0.29) is 37.6 Å². The first kappa shape index (κ1) is 32.1. The average Bonchev–Trinajstić information content (AvgIpc) is 2.97. The molecule has 0 spiro atoms. The Labute approximate surface area is 232 Å². The number of hydrogen-bond acceptors (Lipinski definition) is 7. The first-order chi connectivity index (χ1) is 18.4. The number of fused-ring (bicyclic) bond motifs is 2. The molecule has 0 aliphatic carbocycles. The molecule has 10 heteroatoms. The minimum absolute atomic E-state index is 0.0623. The first-order valence-corrected chi connectivity index (χ1v) is 13.8. The number of aliphatic carboxylic acids is 1. The van der Waals surface area contributed by atoms with Crippen LogP contribution in [-0.2, 0) is 23.9 Å². The molecule has 2 aliphatic heterocycles. The number of carbonyl (C=O) groups excluding carboxylic acids is 3. The lowest BCUT2D eigenvalue weighted by Crippen LogP contribution is -2.56. The molecule has 2 aliphatic rings. The maximum absolute atomic E-state index is 13.4. The largest absolute Gasteiger partial charge is 0.480 e. The third-order valence-corrected chi connectivity index (χ3v) is 6.96. The van der Waals surface area contributed by atoms with E-state index < -0.39 is 36.0 Å². The van der Waals surface area contributed by atoms with Gasteiger partial charge < -0.3 is 24.8 Å². The standard InChI is InChI=1S/C29H45N3O7/c1-21(2)25-26(34)32(22(3)27(35)36)17-18-38-24(33)19-31-15-10-6-7-11-23(13-16-31)12-8-9-14-29(4,5)20-39-28(37)30-25/h6-7,10-11,13,21-22,25H,8-9,12,14-20H2,1-5H3,(H,30,37)(H,35,36)/b10-6+,11-7-,23-13-/t22?,25-/m0/s1. The van der Waals surface area contributed by atoms with Gasteiger partial charge in [0.1, 0.15) is 18.7 Å². The van der Waals surface area contributed by atoms with Crippen LogP contribution in [0.2, 0.25) is 0 Å². The van der Waals surface area contributed by atoms with E-state index >= 15 is 0 Å². The van der Waals surface area contributed by atoms with E-state index in [9.17, 15) is 24.3 Å². The molecule has 0 saturated carbocycles. The number of esters is 1. The van der Waals surface area contributed by atoms with Crippen LogP contribution in [0.15, 0.2) is 36.0 Å². The van der Waals surface area contributed by atoms with Gasteiger partial charge in [0.15, 0.2) is 0 Å². The Bertz CT molecular complexity index is 955. The van der Waals surface area contributed by atoms with Crippen molar-refractivity contribution >= 4 is 23.9 Å². The van der Waals surface area contributed by atoms with Crippen LogP contribution in [0.25, 0.3) is 0 Å². The van der Waals surface area contributed by atoms with Crippen molar-refractivity contribution < 1.29 is 33.8 Å². The SMILES string of the molecule is CC(C)[C@@H]1NC(=O)OCC(C)(C)CCCCC2=C\CN(C/C=C/C=C\2)CC(=O)OCCN(C(C)C(=O)O)C1=O. The molecule has 218 valence electrons. The second-order valence-electron chi connectivity index (χ2n) is 11.3. The number of carbonyl (C=O) groups is 4. The van der Waals surface area contributed by atoms with Crippen LogP contribution in [0.4, 0.5) is 4.79 Å². The zero-order valence-corrected chi connectivity index (χ0v) is 24.0. The second kappa shape index (κ2) is 15.5. The highest BCUT2D eigenvalue weighted by atomic mass is 16.5. The number of cyclic esters (lactones) is 2. The summed E-state index contributed by atoms with van der Waals surface area (Å²) < 4.78 is 10.9. The van der Waals surface area contributed by atoms with E-state index in [1.807, 2.05) is 37.0 Å². The van der Waals surface area contributed by atoms with E-state index in [2.05, 4.69) is 17.5 Å². The number of carboxylic acids is 1. The van der Waals surface area contributed by atoms with Gasteiger partial charge in [-0.25, -0.2) is 9.59 Å². The molecule has 0 radical (unpaired) electrons. The Balaban J connectivity index is 2.27. The van der Waals surface area contributed by atoms with E-state index in [4.69, 9.17) is 9.47 Å². The lowest BCUT2D eigenvalue weighted by molar-refractivity contribution is -0.153. The van der Waals surface area contributed by atoms with Gasteiger partial charge in [0.25, 0.3) is 0 Å². The lowest BCUT2D eigenvalue weighted by Gasteiger charge is -2.32. The summed E-state index contributed by atoms with van der Waals surface area (Å²) >= 11 is 0. The normalized spacial score (nSPS) is 28.2. The van der Waals surface area contributed by atoms with Crippen LogP contribution in [0, 0.1) is 11.3 Å². The quantitative estimate of drug-likeness (QED) is 0.514. The number of ether oxygens (including phenoxy) is 2. The molecule has 2 bridgehead atoms. The summed E-state index contributed by atoms with van der Waals surface area (Å²) in [6.45, 7) is 10.1. The fourth-order valence-electron chi connectivity index (χ4n) is 4.41. The number of allylic oxidation sites excluding steroid dienone is 4. The number of rotatable bonds is 3. The van der Waals surface area contributed by atoms with Crippen LogP contribution >= 0.6 is 0 Å². The maximum atomic E-state index is 13.4. The molecule has 2 unspecified atom stereocenters. The van der Waals surface area contributed by atoms with Crippen molar-refractivity contribution in [2.24, 2.45) is 11.3 Å². The smallest absolute Gasteiger partial charge is 0.407 e. The summed E-state index contributed by atoms with van der Waals surface area (Å²) in [7, 11) is 0. The van der Waals surface area contributed by atoms with Crippen molar-refractivity contribution in [3.63, 3.8) is 0 Å². The summed E-state index contributed by atoms with van der Waals surface area (Å²) in [5.41, 5.74) is 0.938. The molecule has 2 amide bonds. The lowest BCUT2D eigenvalue weighted by atomic mass is 9.87. The average molecular weight is 548 g/mol. The van der Waals surface area contributed by atoms with Gasteiger partial charge >= 0.3 is 18.0 Å². The van der Waals surface area contributed by atoms with Gasteiger partial charge in [-0.2, -0.15) is 0 Å². The zero-order valence-electron chi connectivity index (χ0n) is 24.0. The van der Waals surface area contributed by atoms with Crippen LogP contribution in [0.1, 0.15) is 60.3 Å². The summed E-state index contributed by atoms with van der Waals surface area (Å²) in [5, 5.41) is 12.2. The van der Waals surface area contributed by atoms with Crippen molar-refractivity contribution in [2.45, 2.75) is 72.4 Å². The highest BCUT2D eigenvalue weighted by molar-refractivity contribution is 5.89. The fourth-order valence-corrected chi connectivity index (χ4v) is 4.41. The van der Waals surface area contributed by atoms with Gasteiger partial charge in [0.05, 0.1) is 19.7 Å². The van der Waals surface area contributed by atoms with Gasteiger partial charge in [-0.1, -0.05) is 70.1 Å². The van der Waals surface area contributed by atoms with Gasteiger partial charge in [0, 0.05) is 13.1 Å². The molecule has 3 atom stereocenters. The molecule has 10 nitrogen and oxygen atoms in total. The molecule has 0 aromatic heterocycles. The summed E-state index contributed by atoms with van der Waals surface area (Å²) in [4.78, 5) is 53.6. The van der Waals surface area contributed by atoms with Crippen molar-refractivity contribution in [3.05, 3.63) is 36.0 Å². The number of nitrogens with zero attached hydrogens (tertiary/aromatic N) is 2. The Kier molecular flexibility index (Phi) is 12.7. The summed E-state index contributed by atoms with van der Waals surface area (Å²) in [6.07, 6.45) is 13.1. The van der Waals surface area contributed by atoms with Crippen molar-refractivity contribution in [1.82, 2.24) is 15.1 Å². The minimum atomic E-state index is -1.20. The number of hydrogen-bond donors (Lipinski definition) is 2. The monoisotopic (exact) mass is 547 g/mol. The maximum Gasteiger partial charge on any atom is 0.407 e. The molecule has 0 saturated heterocycles. The Morgan fingerprint density at radius 1 is 1.10 bits per heavy atom. The van der Waals surface area contributed by atoms with Gasteiger partial charge in [-0.15, -0.1) is 0 Å². The highest BCUT2D eigenvalue weighted by Gasteiger charge is 2.34. The molecular weight excluding hydrogens is 502 g/mol. The third kappa shape index (κ3) is 11.2. The van der Waals surface area contributed by atoms with E-state index in [0.29, 0.717) is 13.1 Å². The van der Waals surface area contributed by atoms with Crippen LogP contribution < -0.4 is 5.32 Å². The fraction of sp³-hybridized carbons (Fsp3) is 0.655. The summed E-state index contributed by atoms with van der Waals surface area (Å²) in [5.74, 6) is -2.57. The molecule has 2 N–H and O–H groups in total. The number of carboxylic acid groups (broad SMARTS) is 1. The van der Waals surface area contributed by atoms with Gasteiger partial charge in [-0.05, 0) is 37.5 Å². The van der Waals surface area contributed by atoms with Crippen LogP contribution in [-0.4, -0.2) is 90.3 Å². The van der Waals surface area contributed by atoms with Crippen LogP contribution in [0.5, 0.6) is 0 Å². The van der Waals surface area contributed by atoms with E-state index in [1.54, 1.807) is 13.8 Å². The molecule has 39 heavy (non-hydrogen) atoms. The molecule has 2 heterocycles.